The molecule has 0 radical (unpaired) electrons. The number of nitrogens with one attached hydrogen (secondary N) is 1. The molecule has 0 spiro atoms. The van der Waals surface area contributed by atoms with Gasteiger partial charge in [0.25, 0.3) is 0 Å². The van der Waals surface area contributed by atoms with Crippen LogP contribution in [0.4, 0.5) is 5.69 Å². The van der Waals surface area contributed by atoms with Gasteiger partial charge in [0.2, 0.25) is 5.91 Å². The number of likely N-dealkylation sites (tertiary alicyclic amines) is 1. The van der Waals surface area contributed by atoms with Crippen molar-refractivity contribution in [3.8, 4) is 0 Å². The molecule has 1 heterocycles. The number of carbonyl (C=O) groups excluding carboxylic acids is 1. The summed E-state index contributed by atoms with van der Waals surface area (Å²) in [6.45, 7) is 5.10. The van der Waals surface area contributed by atoms with Crippen LogP contribution in [0, 0.1) is 5.92 Å². The lowest BCUT2D eigenvalue weighted by atomic mass is 9.95. The zero-order chi connectivity index (χ0) is 19.1. The average molecular weight is 429 g/mol. The van der Waals surface area contributed by atoms with Crippen LogP contribution < -0.4 is 5.32 Å². The Morgan fingerprint density at radius 2 is 1.85 bits per heavy atom. The maximum Gasteiger partial charge on any atom is 0.227 e. The number of unbranched alkanes of at least 4 members (excludes halogenated alkanes) is 1. The number of halogens is 1. The van der Waals surface area contributed by atoms with Crippen molar-refractivity contribution in [2.75, 3.05) is 18.4 Å². The molecule has 0 aliphatic carbocycles. The number of benzene rings is 2. The van der Waals surface area contributed by atoms with E-state index in [0.29, 0.717) is 0 Å². The molecule has 1 N–H and O–H groups in total. The Hall–Kier alpha value is -1.65. The first-order valence-corrected chi connectivity index (χ1v) is 10.8. The molecule has 0 unspecified atom stereocenters. The van der Waals surface area contributed by atoms with Gasteiger partial charge in [-0.05, 0) is 74.2 Å². The van der Waals surface area contributed by atoms with Gasteiger partial charge in [-0.3, -0.25) is 9.69 Å². The number of anilines is 1. The van der Waals surface area contributed by atoms with Crippen LogP contribution in [-0.4, -0.2) is 23.9 Å². The molecule has 3 rings (SSSR count). The minimum Gasteiger partial charge on any atom is -0.326 e. The Morgan fingerprint density at radius 3 is 2.52 bits per heavy atom. The SMILES string of the molecule is CCCCc1ccc(NC(=O)C2CCN(Cc3cccc(Br)c3)CC2)cc1. The summed E-state index contributed by atoms with van der Waals surface area (Å²) >= 11 is 3.53. The number of hydrogen-bond donors (Lipinski definition) is 1. The normalized spacial score (nSPS) is 15.6. The van der Waals surface area contributed by atoms with Crippen LogP contribution in [0.2, 0.25) is 0 Å². The van der Waals surface area contributed by atoms with Gasteiger partial charge in [0.05, 0.1) is 0 Å². The molecular weight excluding hydrogens is 400 g/mol. The van der Waals surface area contributed by atoms with Crippen LogP contribution in [-0.2, 0) is 17.8 Å². The van der Waals surface area contributed by atoms with Gasteiger partial charge in [-0.15, -0.1) is 0 Å². The second kappa shape index (κ2) is 10.0. The Labute approximate surface area is 171 Å². The molecule has 2 aromatic rings. The molecule has 1 aliphatic rings. The summed E-state index contributed by atoms with van der Waals surface area (Å²) in [4.78, 5) is 15.0. The first-order chi connectivity index (χ1) is 13.1. The van der Waals surface area contributed by atoms with Crippen molar-refractivity contribution >= 4 is 27.5 Å². The lowest BCUT2D eigenvalue weighted by molar-refractivity contribution is -0.121. The number of amides is 1. The van der Waals surface area contributed by atoms with Crippen LogP contribution in [0.1, 0.15) is 43.7 Å². The summed E-state index contributed by atoms with van der Waals surface area (Å²) in [7, 11) is 0. The molecule has 4 heteroatoms. The predicted octanol–water partition coefficient (Wildman–Crippen LogP) is 5.64. The van der Waals surface area contributed by atoms with Gasteiger partial charge in [0.1, 0.15) is 0 Å². The van der Waals surface area contributed by atoms with E-state index in [0.717, 1.165) is 49.1 Å². The van der Waals surface area contributed by atoms with Crippen LogP contribution in [0.5, 0.6) is 0 Å². The quantitative estimate of drug-likeness (QED) is 0.618. The number of rotatable bonds is 7. The lowest BCUT2D eigenvalue weighted by Crippen LogP contribution is -2.37. The van der Waals surface area contributed by atoms with E-state index in [1.165, 1.54) is 24.0 Å². The molecule has 1 saturated heterocycles. The summed E-state index contributed by atoms with van der Waals surface area (Å²) in [5.41, 5.74) is 3.57. The second-order valence-corrected chi connectivity index (χ2v) is 8.39. The van der Waals surface area contributed by atoms with E-state index in [4.69, 9.17) is 0 Å². The fraction of sp³-hybridized carbons (Fsp3) is 0.435. The molecule has 27 heavy (non-hydrogen) atoms. The smallest absolute Gasteiger partial charge is 0.227 e. The summed E-state index contributed by atoms with van der Waals surface area (Å²) in [6, 6.07) is 16.8. The number of nitrogens with zero attached hydrogens (tertiary/aromatic N) is 1. The molecule has 0 atom stereocenters. The third kappa shape index (κ3) is 6.18. The van der Waals surface area contributed by atoms with Crippen molar-refractivity contribution < 1.29 is 4.79 Å². The van der Waals surface area contributed by atoms with Crippen molar-refractivity contribution in [2.24, 2.45) is 5.92 Å². The third-order valence-corrected chi connectivity index (χ3v) is 5.79. The Kier molecular flexibility index (Phi) is 7.48. The minimum atomic E-state index is 0.114. The highest BCUT2D eigenvalue weighted by atomic mass is 79.9. The highest BCUT2D eigenvalue weighted by molar-refractivity contribution is 9.10. The molecule has 3 nitrogen and oxygen atoms in total. The van der Waals surface area contributed by atoms with Gasteiger partial charge in [-0.2, -0.15) is 0 Å². The zero-order valence-electron chi connectivity index (χ0n) is 16.1. The van der Waals surface area contributed by atoms with Gasteiger partial charge >= 0.3 is 0 Å². The standard InChI is InChI=1S/C23H29BrN2O/c1-2-3-5-18-8-10-22(11-9-18)25-23(27)20-12-14-26(15-13-20)17-19-6-4-7-21(24)16-19/h4,6-11,16,20H,2-3,5,12-15,17H2,1H3,(H,25,27). The Morgan fingerprint density at radius 1 is 1.11 bits per heavy atom. The van der Waals surface area contributed by atoms with E-state index >= 15 is 0 Å². The largest absolute Gasteiger partial charge is 0.326 e. The van der Waals surface area contributed by atoms with Gasteiger partial charge in [-0.25, -0.2) is 0 Å². The predicted molar refractivity (Wildman–Crippen MR) is 116 cm³/mol. The molecule has 144 valence electrons. The maximum absolute atomic E-state index is 12.6. The summed E-state index contributed by atoms with van der Waals surface area (Å²) in [5.74, 6) is 0.280. The molecule has 0 bridgehead atoms. The molecular formula is C23H29BrN2O. The number of piperidine rings is 1. The van der Waals surface area contributed by atoms with Crippen molar-refractivity contribution in [2.45, 2.75) is 45.6 Å². The van der Waals surface area contributed by atoms with Crippen LogP contribution in [0.25, 0.3) is 0 Å². The van der Waals surface area contributed by atoms with Crippen molar-refractivity contribution in [1.29, 1.82) is 0 Å². The molecule has 1 fully saturated rings. The lowest BCUT2D eigenvalue weighted by Gasteiger charge is -2.31. The molecule has 1 amide bonds. The topological polar surface area (TPSA) is 32.3 Å². The monoisotopic (exact) mass is 428 g/mol. The van der Waals surface area contributed by atoms with Gasteiger partial charge in [0, 0.05) is 22.6 Å². The summed E-state index contributed by atoms with van der Waals surface area (Å²) in [6.07, 6.45) is 5.38. The van der Waals surface area contributed by atoms with Crippen molar-refractivity contribution in [1.82, 2.24) is 4.90 Å². The van der Waals surface area contributed by atoms with E-state index in [1.807, 2.05) is 12.1 Å². The van der Waals surface area contributed by atoms with Crippen molar-refractivity contribution in [3.05, 3.63) is 64.1 Å². The van der Waals surface area contributed by atoms with E-state index in [1.54, 1.807) is 0 Å². The molecule has 0 aromatic heterocycles. The van der Waals surface area contributed by atoms with Crippen LogP contribution >= 0.6 is 15.9 Å². The van der Waals surface area contributed by atoms with Gasteiger partial charge < -0.3 is 5.32 Å². The summed E-state index contributed by atoms with van der Waals surface area (Å²) in [5, 5.41) is 3.10. The van der Waals surface area contributed by atoms with Gasteiger partial charge in [-0.1, -0.05) is 53.5 Å². The fourth-order valence-corrected chi connectivity index (χ4v) is 4.07. The molecule has 1 aliphatic heterocycles. The number of carbonyl (C=O) groups is 1. The molecule has 2 aromatic carbocycles. The fourth-order valence-electron chi connectivity index (χ4n) is 3.63. The Balaban J connectivity index is 1.45. The van der Waals surface area contributed by atoms with Gasteiger partial charge in [0.15, 0.2) is 0 Å². The van der Waals surface area contributed by atoms with Crippen LogP contribution in [0.3, 0.4) is 0 Å². The first-order valence-electron chi connectivity index (χ1n) is 10.0. The summed E-state index contributed by atoms with van der Waals surface area (Å²) < 4.78 is 1.12. The highest BCUT2D eigenvalue weighted by Gasteiger charge is 2.25. The zero-order valence-corrected chi connectivity index (χ0v) is 17.7. The van der Waals surface area contributed by atoms with Crippen LogP contribution in [0.15, 0.2) is 53.0 Å². The second-order valence-electron chi connectivity index (χ2n) is 7.47. The van der Waals surface area contributed by atoms with E-state index in [-0.39, 0.29) is 11.8 Å². The van der Waals surface area contributed by atoms with E-state index in [9.17, 15) is 4.79 Å². The van der Waals surface area contributed by atoms with E-state index in [2.05, 4.69) is 69.5 Å². The number of hydrogen-bond acceptors (Lipinski definition) is 2. The maximum atomic E-state index is 12.6. The molecule has 0 saturated carbocycles. The van der Waals surface area contributed by atoms with E-state index < -0.39 is 0 Å². The highest BCUT2D eigenvalue weighted by Crippen LogP contribution is 2.22. The average Bonchev–Trinajstić information content (AvgIpc) is 2.68. The third-order valence-electron chi connectivity index (χ3n) is 5.29. The number of aryl methyl sites for hydroxylation is 1. The van der Waals surface area contributed by atoms with Crippen molar-refractivity contribution in [3.63, 3.8) is 0 Å². The first kappa shape index (κ1) is 20.1. The Bertz CT molecular complexity index is 736. The minimum absolute atomic E-state index is 0.114.